The van der Waals surface area contributed by atoms with E-state index in [9.17, 15) is 19.8 Å². The summed E-state index contributed by atoms with van der Waals surface area (Å²) in [6, 6.07) is 11.0. The summed E-state index contributed by atoms with van der Waals surface area (Å²) in [4.78, 5) is 35.5. The van der Waals surface area contributed by atoms with Crippen LogP contribution in [0.15, 0.2) is 66.6 Å². The number of pyridine rings is 1. The van der Waals surface area contributed by atoms with Gasteiger partial charge in [0.1, 0.15) is 24.1 Å². The van der Waals surface area contributed by atoms with Gasteiger partial charge in [-0.25, -0.2) is 0 Å². The van der Waals surface area contributed by atoms with Gasteiger partial charge >= 0.3 is 0 Å². The van der Waals surface area contributed by atoms with Crippen LogP contribution in [0.4, 0.5) is 0 Å². The molecule has 1 aliphatic heterocycles. The van der Waals surface area contributed by atoms with E-state index in [1.165, 1.54) is 25.8 Å². The Morgan fingerprint density at radius 1 is 1.12 bits per heavy atom. The van der Waals surface area contributed by atoms with Crippen LogP contribution in [-0.2, 0) is 25.6 Å². The molecule has 13 nitrogen and oxygen atoms in total. The molecule has 3 aromatic rings. The Hall–Kier alpha value is -3.82. The molecule has 2 amide bonds. The summed E-state index contributed by atoms with van der Waals surface area (Å²) >= 11 is 1.31. The second kappa shape index (κ2) is 19.7. The lowest BCUT2D eigenvalue weighted by molar-refractivity contribution is -0.139. The summed E-state index contributed by atoms with van der Waals surface area (Å²) in [5, 5.41) is 31.1. The molecule has 4 rings (SSSR count). The minimum atomic E-state index is -1.27. The van der Waals surface area contributed by atoms with Crippen molar-refractivity contribution < 1.29 is 34.0 Å². The average Bonchev–Trinajstić information content (AvgIpc) is 3.53. The van der Waals surface area contributed by atoms with E-state index in [2.05, 4.69) is 35.6 Å². The number of methoxy groups -OCH3 is 2. The van der Waals surface area contributed by atoms with E-state index < -0.39 is 24.4 Å². The Morgan fingerprint density at radius 3 is 2.55 bits per heavy atom. The van der Waals surface area contributed by atoms with Crippen LogP contribution >= 0.6 is 11.8 Å². The highest BCUT2D eigenvalue weighted by molar-refractivity contribution is 7.99. The molecule has 2 N–H and O–H groups in total. The number of amides is 2. The topological polar surface area (TPSA) is 152 Å². The van der Waals surface area contributed by atoms with Gasteiger partial charge in [-0.3, -0.25) is 19.1 Å². The lowest BCUT2D eigenvalue weighted by Gasteiger charge is -2.42. The fraction of sp³-hybridized carbons (Fsp3) is 0.541. The molecule has 1 aromatic carbocycles. The van der Waals surface area contributed by atoms with Crippen molar-refractivity contribution >= 4 is 23.6 Å². The molecule has 0 radical (unpaired) electrons. The third kappa shape index (κ3) is 10.6. The Morgan fingerprint density at radius 2 is 1.88 bits per heavy atom. The number of allylic oxidation sites excluding steroid dienone is 1. The number of aliphatic hydroxyl groups is 2. The number of carbonyl (C=O) groups is 2. The lowest BCUT2D eigenvalue weighted by atomic mass is 9.82. The van der Waals surface area contributed by atoms with E-state index in [4.69, 9.17) is 14.2 Å². The maximum absolute atomic E-state index is 14.6. The number of benzene rings is 1. The normalized spacial score (nSPS) is 22.6. The van der Waals surface area contributed by atoms with Gasteiger partial charge in [0.25, 0.3) is 0 Å². The summed E-state index contributed by atoms with van der Waals surface area (Å²) in [6.07, 6.45) is 3.07. The molecular weight excluding hydrogens is 673 g/mol. The fourth-order valence-electron chi connectivity index (χ4n) is 6.35. The highest BCUT2D eigenvalue weighted by Crippen LogP contribution is 2.37. The van der Waals surface area contributed by atoms with Gasteiger partial charge in [-0.15, -0.1) is 16.8 Å². The van der Waals surface area contributed by atoms with Gasteiger partial charge in [0.05, 0.1) is 25.5 Å². The summed E-state index contributed by atoms with van der Waals surface area (Å²) in [5.41, 5.74) is 1.73. The standard InChI is InChI=1S/C37H52N6O7S/c1-7-17-43-36(27-13-15-38-16-14-27)39-40-37(43)51-24-33(46)42-18-8-9-19-50-23-31(45)35(47)32(49-6)22-41(26(4)44)21-30(25(2)3)34(42)28-11-10-12-29(20-28)48-5/h7,10-16,20,25,30-32,34-35,45,47H,1,8-9,17-19,21-24H2,2-6H3/t30-,31+,32+,34-,35+/m1/s1. The van der Waals surface area contributed by atoms with E-state index in [0.29, 0.717) is 49.3 Å². The number of aromatic nitrogens is 4. The molecule has 0 bridgehead atoms. The van der Waals surface area contributed by atoms with E-state index in [-0.39, 0.29) is 49.1 Å². The second-order valence-electron chi connectivity index (χ2n) is 13.0. The van der Waals surface area contributed by atoms with Crippen LogP contribution in [-0.4, -0.2) is 123 Å². The first kappa shape index (κ1) is 40.0. The van der Waals surface area contributed by atoms with Crippen molar-refractivity contribution in [2.45, 2.75) is 69.7 Å². The van der Waals surface area contributed by atoms with Gasteiger partial charge in [0.2, 0.25) is 11.8 Å². The summed E-state index contributed by atoms with van der Waals surface area (Å²) < 4.78 is 18.9. The molecule has 1 saturated heterocycles. The van der Waals surface area contributed by atoms with Gasteiger partial charge < -0.3 is 34.2 Å². The Labute approximate surface area is 305 Å². The summed E-state index contributed by atoms with van der Waals surface area (Å²) in [6.45, 7) is 11.0. The van der Waals surface area contributed by atoms with Crippen molar-refractivity contribution in [1.29, 1.82) is 0 Å². The van der Waals surface area contributed by atoms with Crippen molar-refractivity contribution in [1.82, 2.24) is 29.5 Å². The summed E-state index contributed by atoms with van der Waals surface area (Å²) in [7, 11) is 3.05. The smallest absolute Gasteiger partial charge is 0.233 e. The van der Waals surface area contributed by atoms with E-state index in [0.717, 1.165) is 11.1 Å². The van der Waals surface area contributed by atoms with Crippen molar-refractivity contribution in [2.75, 3.05) is 52.8 Å². The van der Waals surface area contributed by atoms with E-state index in [1.807, 2.05) is 45.9 Å². The quantitative estimate of drug-likeness (QED) is 0.232. The number of aliphatic hydroxyl groups excluding tert-OH is 2. The molecular formula is C37H52N6O7S. The summed E-state index contributed by atoms with van der Waals surface area (Å²) in [5.74, 6) is 0.866. The second-order valence-corrected chi connectivity index (χ2v) is 13.9. The number of nitrogens with zero attached hydrogens (tertiary/aromatic N) is 6. The molecule has 14 heteroatoms. The molecule has 51 heavy (non-hydrogen) atoms. The predicted molar refractivity (Wildman–Crippen MR) is 195 cm³/mol. The van der Waals surface area contributed by atoms with Gasteiger partial charge in [0, 0.05) is 70.7 Å². The highest BCUT2D eigenvalue weighted by Gasteiger charge is 2.38. The molecule has 278 valence electrons. The van der Waals surface area contributed by atoms with E-state index in [1.54, 1.807) is 30.5 Å². The first-order valence-corrected chi connectivity index (χ1v) is 18.3. The lowest BCUT2D eigenvalue weighted by Crippen LogP contribution is -2.51. The monoisotopic (exact) mass is 724 g/mol. The number of thioether (sulfide) groups is 1. The molecule has 0 spiro atoms. The Bertz CT molecular complexity index is 1560. The minimum absolute atomic E-state index is 0.0140. The van der Waals surface area contributed by atoms with Crippen molar-refractivity contribution in [2.24, 2.45) is 11.8 Å². The van der Waals surface area contributed by atoms with Crippen molar-refractivity contribution in [3.63, 3.8) is 0 Å². The maximum atomic E-state index is 14.6. The number of hydrogen-bond acceptors (Lipinski definition) is 11. The molecule has 3 heterocycles. The van der Waals surface area contributed by atoms with Crippen LogP contribution in [0.1, 0.15) is 45.2 Å². The van der Waals surface area contributed by atoms with E-state index >= 15 is 0 Å². The minimum Gasteiger partial charge on any atom is -0.497 e. The molecule has 2 aromatic heterocycles. The number of hydrogen-bond donors (Lipinski definition) is 2. The number of rotatable bonds is 10. The van der Waals surface area contributed by atoms with Crippen LogP contribution < -0.4 is 4.74 Å². The Kier molecular flexibility index (Phi) is 15.4. The average molecular weight is 725 g/mol. The molecule has 0 aliphatic carbocycles. The van der Waals surface area contributed by atoms with Crippen LogP contribution in [0.2, 0.25) is 0 Å². The molecule has 0 saturated carbocycles. The van der Waals surface area contributed by atoms with Gasteiger partial charge in [-0.05, 0) is 48.6 Å². The Balaban J connectivity index is 1.75. The predicted octanol–water partition coefficient (Wildman–Crippen LogP) is 3.86. The van der Waals surface area contributed by atoms with Crippen LogP contribution in [0.3, 0.4) is 0 Å². The molecule has 5 atom stereocenters. The van der Waals surface area contributed by atoms with Crippen molar-refractivity contribution in [3.05, 3.63) is 67.0 Å². The first-order valence-electron chi connectivity index (χ1n) is 17.3. The highest BCUT2D eigenvalue weighted by atomic mass is 32.2. The number of ether oxygens (including phenoxy) is 3. The largest absolute Gasteiger partial charge is 0.497 e. The zero-order valence-electron chi connectivity index (χ0n) is 30.3. The van der Waals surface area contributed by atoms with Gasteiger partial charge in [0.15, 0.2) is 11.0 Å². The van der Waals surface area contributed by atoms with Crippen LogP contribution in [0.25, 0.3) is 11.4 Å². The van der Waals surface area contributed by atoms with Crippen LogP contribution in [0.5, 0.6) is 5.75 Å². The molecule has 1 aliphatic rings. The van der Waals surface area contributed by atoms with Gasteiger partial charge in [-0.1, -0.05) is 43.8 Å². The molecule has 0 unspecified atom stereocenters. The fourth-order valence-corrected chi connectivity index (χ4v) is 7.19. The maximum Gasteiger partial charge on any atom is 0.233 e. The zero-order chi connectivity index (χ0) is 36.9. The third-order valence-electron chi connectivity index (χ3n) is 9.23. The SMILES string of the molecule is C=CCn1c(SCC(=O)N2CCCCOC[C@H](O)[C@H](O)[C@@H](OC)CN(C(C)=O)C[C@H](C(C)C)[C@H]2c2cccc(OC)c2)nnc1-c1ccncc1. The first-order chi connectivity index (χ1) is 24.6. The molecule has 1 fully saturated rings. The van der Waals surface area contributed by atoms with Gasteiger partial charge in [-0.2, -0.15) is 0 Å². The zero-order valence-corrected chi connectivity index (χ0v) is 31.1. The van der Waals surface area contributed by atoms with Crippen molar-refractivity contribution in [3.8, 4) is 17.1 Å². The van der Waals surface area contributed by atoms with Crippen LogP contribution in [0, 0.1) is 11.8 Å². The third-order valence-corrected chi connectivity index (χ3v) is 10.2. The number of carbonyl (C=O) groups excluding carboxylic acids is 2.